The molecule has 2 aliphatic carbocycles. The van der Waals surface area contributed by atoms with E-state index in [0.717, 1.165) is 56.1 Å². The van der Waals surface area contributed by atoms with Gasteiger partial charge < -0.3 is 83.2 Å². The highest BCUT2D eigenvalue weighted by Gasteiger charge is 2.66. The number of hydrogen-bond acceptors (Lipinski definition) is 18. The average molecular weight is 1300 g/mol. The standard InChI is InChI=1S/C66H82N10O16S/c1-6-25-76-26-24-66-43-21-22-44(57(66)92-56-50(82)23-16-40(52(56)66)30-49(43)76)69-60(86)46(27-37-10-8-7-9-11-37)71-63(89)53(34(3)77)74-62(88)48-31-93-32-51(83)68-45(28-38-12-17-41(80)18-13-38)59(85)67-33(2)58(84)70-47(29-39-14-19-42(81)20-15-39)61(87)73-55(36(5)79)65(91)75-54(35(4)78)64(90)72-48/h6-20,23,33-36,43-49,53-55,57,77-82H,1,21-22,24-32H2,2-5H3,(H,67,85)(H,68,83)(H,69,86)(H,70,84)(H,71,89)(H,72,90)(H,73,87)(H,74,88)(H,75,91)/t33-,34-,35+,36+,43?,44-,45-,46-,47+,48+,49?,53-,54+,55+,57+,66?/m1/s1. The highest BCUT2D eigenvalue weighted by molar-refractivity contribution is 8.00. The molecule has 2 bridgehead atoms. The Balaban J connectivity index is 0.971. The minimum Gasteiger partial charge on any atom is -0.508 e. The van der Waals surface area contributed by atoms with Crippen LogP contribution in [0.4, 0.5) is 0 Å². The second-order valence-corrected chi connectivity index (χ2v) is 25.8. The van der Waals surface area contributed by atoms with Gasteiger partial charge in [0.05, 0.1) is 30.1 Å². The number of aliphatic hydroxyl groups is 3. The molecule has 15 N–H and O–H groups in total. The molecule has 0 radical (unpaired) electrons. The van der Waals surface area contributed by atoms with Crippen LogP contribution in [0.2, 0.25) is 0 Å². The fourth-order valence-electron chi connectivity index (χ4n) is 13.5. The van der Waals surface area contributed by atoms with Crippen molar-refractivity contribution in [2.24, 2.45) is 5.92 Å². The Morgan fingerprint density at radius 2 is 1.31 bits per heavy atom. The molecule has 0 aromatic heterocycles. The lowest BCUT2D eigenvalue weighted by Gasteiger charge is -2.59. The molecule has 1 saturated carbocycles. The number of ether oxygens (including phenoxy) is 1. The van der Waals surface area contributed by atoms with E-state index in [4.69, 9.17) is 4.74 Å². The Hall–Kier alpha value is -8.76. The molecule has 1 spiro atoms. The van der Waals surface area contributed by atoms with E-state index in [1.54, 1.807) is 36.4 Å². The van der Waals surface area contributed by atoms with Crippen molar-refractivity contribution in [3.63, 3.8) is 0 Å². The van der Waals surface area contributed by atoms with Crippen LogP contribution in [-0.2, 0) is 74.2 Å². The number of aliphatic hydroxyl groups excluding tert-OH is 3. The minimum atomic E-state index is -1.93. The number of carbonyl (C=O) groups is 9. The van der Waals surface area contributed by atoms with Crippen LogP contribution < -0.4 is 52.6 Å². The average Bonchev–Trinajstić information content (AvgIpc) is 1.57. The van der Waals surface area contributed by atoms with Crippen molar-refractivity contribution in [1.29, 1.82) is 0 Å². The summed E-state index contributed by atoms with van der Waals surface area (Å²) >= 11 is 0.765. The normalized spacial score (nSPS) is 27.7. The van der Waals surface area contributed by atoms with Crippen LogP contribution in [0.25, 0.3) is 0 Å². The lowest BCUT2D eigenvalue weighted by Crippen LogP contribution is -2.69. The molecule has 4 aromatic carbocycles. The lowest BCUT2D eigenvalue weighted by molar-refractivity contribution is -0.138. The number of nitrogens with one attached hydrogen (secondary N) is 9. The molecule has 3 heterocycles. The van der Waals surface area contributed by atoms with E-state index in [1.165, 1.54) is 62.4 Å². The summed E-state index contributed by atoms with van der Waals surface area (Å²) in [5, 5.41) is 87.9. The summed E-state index contributed by atoms with van der Waals surface area (Å²) in [7, 11) is 0. The van der Waals surface area contributed by atoms with Gasteiger partial charge in [0.25, 0.3) is 0 Å². The third kappa shape index (κ3) is 15.8. The van der Waals surface area contributed by atoms with Gasteiger partial charge >= 0.3 is 0 Å². The topological polar surface area (TPSA) is 396 Å². The van der Waals surface area contributed by atoms with Gasteiger partial charge in [0.1, 0.15) is 65.9 Å². The first-order valence-corrected chi connectivity index (χ1v) is 32.3. The van der Waals surface area contributed by atoms with Crippen molar-refractivity contribution < 1.29 is 78.5 Å². The Morgan fingerprint density at radius 1 is 0.710 bits per heavy atom. The molecule has 9 rings (SSSR count). The second kappa shape index (κ2) is 29.9. The number of carbonyl (C=O) groups excluding carboxylic acids is 9. The van der Waals surface area contributed by atoms with Gasteiger partial charge in [-0.15, -0.1) is 18.3 Å². The van der Waals surface area contributed by atoms with Crippen molar-refractivity contribution in [2.45, 2.75) is 163 Å². The largest absolute Gasteiger partial charge is 0.508 e. The Kier molecular flexibility index (Phi) is 22.0. The van der Waals surface area contributed by atoms with Crippen LogP contribution in [0.1, 0.15) is 74.8 Å². The van der Waals surface area contributed by atoms with Crippen molar-refractivity contribution in [1.82, 2.24) is 52.8 Å². The van der Waals surface area contributed by atoms with Gasteiger partial charge in [-0.05, 0) is 118 Å². The second-order valence-electron chi connectivity index (χ2n) is 24.8. The number of phenols is 3. The smallest absolute Gasteiger partial charge is 0.245 e. The zero-order chi connectivity index (χ0) is 67.0. The van der Waals surface area contributed by atoms with E-state index < -0.39 is 149 Å². The van der Waals surface area contributed by atoms with Crippen molar-refractivity contribution in [3.05, 3.63) is 131 Å². The summed E-state index contributed by atoms with van der Waals surface area (Å²) in [5.41, 5.74) is 3.04. The molecule has 5 aliphatic rings. The molecule has 9 amide bonds. The maximum Gasteiger partial charge on any atom is 0.245 e. The van der Waals surface area contributed by atoms with E-state index in [2.05, 4.69) is 59.3 Å². The van der Waals surface area contributed by atoms with E-state index in [-0.39, 0.29) is 48.5 Å². The predicted molar refractivity (Wildman–Crippen MR) is 340 cm³/mol. The van der Waals surface area contributed by atoms with Gasteiger partial charge in [-0.25, -0.2) is 0 Å². The van der Waals surface area contributed by atoms with Crippen LogP contribution in [0.15, 0.2) is 104 Å². The molecule has 3 unspecified atom stereocenters. The molecule has 3 fully saturated rings. The number of benzene rings is 4. The Labute approximate surface area is 541 Å². The van der Waals surface area contributed by atoms with Crippen molar-refractivity contribution in [2.75, 3.05) is 24.6 Å². The molecular weight excluding hydrogens is 1220 g/mol. The highest BCUT2D eigenvalue weighted by atomic mass is 32.2. The fourth-order valence-corrected chi connectivity index (χ4v) is 14.4. The molecular formula is C66H82N10O16S. The zero-order valence-electron chi connectivity index (χ0n) is 52.0. The summed E-state index contributed by atoms with van der Waals surface area (Å²) in [6.07, 6.45) is -1.58. The van der Waals surface area contributed by atoms with Crippen LogP contribution in [-0.4, -0.2) is 198 Å². The maximum atomic E-state index is 14.9. The molecule has 26 nitrogen and oxygen atoms in total. The van der Waals surface area contributed by atoms with Crippen molar-refractivity contribution >= 4 is 64.9 Å². The quantitative estimate of drug-likeness (QED) is 0.0566. The van der Waals surface area contributed by atoms with E-state index in [9.17, 15) is 73.8 Å². The molecule has 4 aromatic rings. The molecule has 498 valence electrons. The summed E-state index contributed by atoms with van der Waals surface area (Å²) in [6, 6.07) is 10.3. The summed E-state index contributed by atoms with van der Waals surface area (Å²) < 4.78 is 6.75. The molecule has 16 atom stereocenters. The van der Waals surface area contributed by atoms with Crippen molar-refractivity contribution in [3.8, 4) is 23.0 Å². The monoisotopic (exact) mass is 1300 g/mol. The van der Waals surface area contributed by atoms with Crippen LogP contribution in [0.3, 0.4) is 0 Å². The first kappa shape index (κ1) is 68.6. The Bertz CT molecular complexity index is 3430. The summed E-state index contributed by atoms with van der Waals surface area (Å²) in [5.74, 6) is -9.34. The third-order valence-corrected chi connectivity index (χ3v) is 19.2. The number of thioether (sulfide) groups is 1. The molecule has 3 aliphatic heterocycles. The fraction of sp³-hybridized carbons (Fsp3) is 0.470. The first-order chi connectivity index (χ1) is 44.3. The van der Waals surface area contributed by atoms with E-state index in [0.29, 0.717) is 41.8 Å². The molecule has 2 saturated heterocycles. The number of aromatic hydroxyl groups is 3. The van der Waals surface area contributed by atoms with Gasteiger partial charge in [-0.1, -0.05) is 66.7 Å². The van der Waals surface area contributed by atoms with Crippen LogP contribution >= 0.6 is 11.8 Å². The number of amides is 9. The number of piperidine rings is 1. The highest BCUT2D eigenvalue weighted by Crippen LogP contribution is 2.63. The number of hydrogen-bond donors (Lipinski definition) is 15. The summed E-state index contributed by atoms with van der Waals surface area (Å²) in [4.78, 5) is 132. The number of phenolic OH excluding ortho intramolecular Hbond substituents is 3. The van der Waals surface area contributed by atoms with Gasteiger partial charge in [-0.2, -0.15) is 0 Å². The Morgan fingerprint density at radius 3 is 1.92 bits per heavy atom. The van der Waals surface area contributed by atoms with Gasteiger partial charge in [0, 0.05) is 48.6 Å². The first-order valence-electron chi connectivity index (χ1n) is 31.2. The number of likely N-dealkylation sites (tertiary alicyclic amines) is 1. The number of rotatable bonds is 17. The summed E-state index contributed by atoms with van der Waals surface area (Å²) in [6.45, 7) is 10.2. The predicted octanol–water partition coefficient (Wildman–Crippen LogP) is -0.971. The number of nitrogens with zero attached hydrogens (tertiary/aromatic N) is 1. The van der Waals surface area contributed by atoms with E-state index in [1.807, 2.05) is 12.1 Å². The zero-order valence-corrected chi connectivity index (χ0v) is 52.8. The van der Waals surface area contributed by atoms with Gasteiger partial charge in [0.2, 0.25) is 53.2 Å². The van der Waals surface area contributed by atoms with Gasteiger partial charge in [-0.3, -0.25) is 48.1 Å². The van der Waals surface area contributed by atoms with E-state index >= 15 is 0 Å². The van der Waals surface area contributed by atoms with Crippen LogP contribution in [0.5, 0.6) is 23.0 Å². The van der Waals surface area contributed by atoms with Crippen LogP contribution in [0, 0.1) is 5.92 Å². The maximum absolute atomic E-state index is 14.9. The third-order valence-electron chi connectivity index (χ3n) is 18.2. The van der Waals surface area contributed by atoms with Gasteiger partial charge in [0.15, 0.2) is 11.5 Å². The lowest BCUT2D eigenvalue weighted by atomic mass is 9.51. The SMILES string of the molecule is C=CCN1CCC23c4c5ccc(O)c4O[C@H]2[C@H](NC(=O)[C@@H](Cc2ccccc2)NC(=O)[C@H](NC(=O)[C@@H]2CSCC(=O)N[C@H](Cc4ccc(O)cc4)C(=O)N[C@H](C)C(=O)N[C@@H](Cc4ccc(O)cc4)C(=O)N[C@@H]([C@H](C)O)C(=O)N[C@@H]([C@H](C)O)C(=O)N2)[C@@H](C)O)CCC3C1C5. The minimum absolute atomic E-state index is 0.00643. The molecule has 27 heteroatoms. The molecule has 93 heavy (non-hydrogen) atoms.